The topological polar surface area (TPSA) is 68.3 Å². The number of carbonyl (C=O) groups is 1. The molecule has 4 nitrogen and oxygen atoms in total. The Hall–Kier alpha value is -1.81. The first-order valence-electron chi connectivity index (χ1n) is 6.58. The second-order valence-electron chi connectivity index (χ2n) is 5.04. The van der Waals surface area contributed by atoms with E-state index in [9.17, 15) is 4.79 Å². The molecule has 1 atom stereocenters. The summed E-state index contributed by atoms with van der Waals surface area (Å²) in [5, 5.41) is 3.83. The second kappa shape index (κ2) is 5.89. The standard InChI is InChI=1S/C15H20N2O2/c1-10-3-4-13-12(7-10)8-14(19-13)15(18)17-9-11(2)5-6-16/h3-4,7-8,11H,5-6,9,16H2,1-2H3,(H,17,18). The lowest BCUT2D eigenvalue weighted by atomic mass is 10.1. The van der Waals surface area contributed by atoms with Crippen LogP contribution in [0.25, 0.3) is 11.0 Å². The molecule has 1 amide bonds. The molecule has 0 aliphatic carbocycles. The lowest BCUT2D eigenvalue weighted by Crippen LogP contribution is -2.28. The van der Waals surface area contributed by atoms with Crippen molar-refractivity contribution in [3.8, 4) is 0 Å². The van der Waals surface area contributed by atoms with Gasteiger partial charge in [0.25, 0.3) is 5.91 Å². The average Bonchev–Trinajstić information content (AvgIpc) is 2.79. The Bertz CT molecular complexity index is 575. The molecule has 1 heterocycles. The molecule has 0 saturated heterocycles. The first kappa shape index (κ1) is 13.6. The van der Waals surface area contributed by atoms with Gasteiger partial charge in [-0.3, -0.25) is 4.79 Å². The molecule has 1 unspecified atom stereocenters. The Labute approximate surface area is 113 Å². The molecule has 2 rings (SSSR count). The van der Waals surface area contributed by atoms with E-state index >= 15 is 0 Å². The molecule has 0 aliphatic rings. The Morgan fingerprint density at radius 1 is 1.42 bits per heavy atom. The maximum Gasteiger partial charge on any atom is 0.287 e. The number of carbonyl (C=O) groups excluding carboxylic acids is 1. The van der Waals surface area contributed by atoms with Gasteiger partial charge in [-0.25, -0.2) is 0 Å². The largest absolute Gasteiger partial charge is 0.451 e. The Morgan fingerprint density at radius 3 is 2.95 bits per heavy atom. The quantitative estimate of drug-likeness (QED) is 0.867. The summed E-state index contributed by atoms with van der Waals surface area (Å²) in [4.78, 5) is 12.0. The van der Waals surface area contributed by atoms with Crippen LogP contribution in [-0.4, -0.2) is 19.0 Å². The highest BCUT2D eigenvalue weighted by Crippen LogP contribution is 2.20. The summed E-state index contributed by atoms with van der Waals surface area (Å²) < 4.78 is 5.54. The van der Waals surface area contributed by atoms with Crippen LogP contribution >= 0.6 is 0 Å². The van der Waals surface area contributed by atoms with E-state index in [1.807, 2.05) is 25.1 Å². The van der Waals surface area contributed by atoms with Crippen molar-refractivity contribution in [2.24, 2.45) is 11.7 Å². The van der Waals surface area contributed by atoms with Crippen molar-refractivity contribution in [1.82, 2.24) is 5.32 Å². The molecule has 0 radical (unpaired) electrons. The number of aryl methyl sites for hydroxylation is 1. The summed E-state index contributed by atoms with van der Waals surface area (Å²) in [5.74, 6) is 0.568. The minimum atomic E-state index is -0.169. The van der Waals surface area contributed by atoms with E-state index < -0.39 is 0 Å². The van der Waals surface area contributed by atoms with E-state index in [0.717, 1.165) is 23.0 Å². The van der Waals surface area contributed by atoms with Crippen molar-refractivity contribution in [2.75, 3.05) is 13.1 Å². The average molecular weight is 260 g/mol. The van der Waals surface area contributed by atoms with Gasteiger partial charge >= 0.3 is 0 Å². The molecule has 4 heteroatoms. The fourth-order valence-electron chi connectivity index (χ4n) is 2.02. The minimum absolute atomic E-state index is 0.169. The van der Waals surface area contributed by atoms with Gasteiger partial charge in [-0.15, -0.1) is 0 Å². The Balaban J connectivity index is 2.05. The number of hydrogen-bond acceptors (Lipinski definition) is 3. The normalized spacial score (nSPS) is 12.6. The third-order valence-corrected chi connectivity index (χ3v) is 3.17. The number of nitrogens with two attached hydrogens (primary N) is 1. The van der Waals surface area contributed by atoms with Crippen molar-refractivity contribution in [2.45, 2.75) is 20.3 Å². The zero-order chi connectivity index (χ0) is 13.8. The molecule has 0 saturated carbocycles. The van der Waals surface area contributed by atoms with Crippen LogP contribution in [0, 0.1) is 12.8 Å². The van der Waals surface area contributed by atoms with Crippen LogP contribution in [0.1, 0.15) is 29.5 Å². The maximum absolute atomic E-state index is 12.0. The smallest absolute Gasteiger partial charge is 0.287 e. The van der Waals surface area contributed by atoms with Crippen LogP contribution in [-0.2, 0) is 0 Å². The molecule has 102 valence electrons. The first-order valence-corrected chi connectivity index (χ1v) is 6.58. The number of nitrogens with one attached hydrogen (secondary N) is 1. The first-order chi connectivity index (χ1) is 9.10. The Kier molecular flexibility index (Phi) is 4.22. The number of benzene rings is 1. The number of amides is 1. The molecule has 1 aromatic carbocycles. The van der Waals surface area contributed by atoms with Crippen molar-refractivity contribution in [3.05, 3.63) is 35.6 Å². The van der Waals surface area contributed by atoms with E-state index in [2.05, 4.69) is 12.2 Å². The molecule has 0 bridgehead atoms. The highest BCUT2D eigenvalue weighted by molar-refractivity contribution is 5.96. The third-order valence-electron chi connectivity index (χ3n) is 3.17. The van der Waals surface area contributed by atoms with Gasteiger partial charge < -0.3 is 15.5 Å². The van der Waals surface area contributed by atoms with Crippen molar-refractivity contribution < 1.29 is 9.21 Å². The molecular formula is C15H20N2O2. The molecule has 0 fully saturated rings. The second-order valence-corrected chi connectivity index (χ2v) is 5.04. The number of fused-ring (bicyclic) bond motifs is 1. The van der Waals surface area contributed by atoms with Crippen molar-refractivity contribution >= 4 is 16.9 Å². The van der Waals surface area contributed by atoms with Crippen molar-refractivity contribution in [3.63, 3.8) is 0 Å². The summed E-state index contributed by atoms with van der Waals surface area (Å²) >= 11 is 0. The zero-order valence-electron chi connectivity index (χ0n) is 11.4. The summed E-state index contributed by atoms with van der Waals surface area (Å²) in [6.07, 6.45) is 0.902. The molecule has 19 heavy (non-hydrogen) atoms. The van der Waals surface area contributed by atoms with Gasteiger partial charge in [0.1, 0.15) is 5.58 Å². The third kappa shape index (κ3) is 3.35. The van der Waals surface area contributed by atoms with Crippen LogP contribution in [0.5, 0.6) is 0 Å². The molecule has 3 N–H and O–H groups in total. The summed E-state index contributed by atoms with van der Waals surface area (Å²) in [7, 11) is 0. The fraction of sp³-hybridized carbons (Fsp3) is 0.400. The summed E-state index contributed by atoms with van der Waals surface area (Å²) in [6, 6.07) is 7.65. The monoisotopic (exact) mass is 260 g/mol. The highest BCUT2D eigenvalue weighted by atomic mass is 16.3. The van der Waals surface area contributed by atoms with Gasteiger partial charge in [-0.05, 0) is 44.0 Å². The van der Waals surface area contributed by atoms with E-state index in [1.165, 1.54) is 0 Å². The number of furan rings is 1. The molecule has 2 aromatic rings. The van der Waals surface area contributed by atoms with Gasteiger partial charge in [0.2, 0.25) is 0 Å². The van der Waals surface area contributed by atoms with E-state index in [-0.39, 0.29) is 5.91 Å². The van der Waals surface area contributed by atoms with E-state index in [4.69, 9.17) is 10.2 Å². The number of hydrogen-bond donors (Lipinski definition) is 2. The van der Waals surface area contributed by atoms with Crippen LogP contribution in [0.15, 0.2) is 28.7 Å². The molecule has 0 aliphatic heterocycles. The predicted molar refractivity (Wildman–Crippen MR) is 76.1 cm³/mol. The van der Waals surface area contributed by atoms with Gasteiger partial charge in [0.15, 0.2) is 5.76 Å². The SMILES string of the molecule is Cc1ccc2oc(C(=O)NCC(C)CCN)cc2c1. The predicted octanol–water partition coefficient (Wildman–Crippen LogP) is 2.46. The van der Waals surface area contributed by atoms with E-state index in [1.54, 1.807) is 6.07 Å². The maximum atomic E-state index is 12.0. The van der Waals surface area contributed by atoms with Crippen LogP contribution in [0.3, 0.4) is 0 Å². The Morgan fingerprint density at radius 2 is 2.21 bits per heavy atom. The van der Waals surface area contributed by atoms with Gasteiger partial charge in [0.05, 0.1) is 0 Å². The lowest BCUT2D eigenvalue weighted by molar-refractivity contribution is 0.0922. The molecule has 1 aromatic heterocycles. The summed E-state index contributed by atoms with van der Waals surface area (Å²) in [6.45, 7) is 5.34. The van der Waals surface area contributed by atoms with E-state index in [0.29, 0.717) is 24.8 Å². The van der Waals surface area contributed by atoms with Gasteiger partial charge in [-0.2, -0.15) is 0 Å². The highest BCUT2D eigenvalue weighted by Gasteiger charge is 2.13. The van der Waals surface area contributed by atoms with Crippen LogP contribution < -0.4 is 11.1 Å². The van der Waals surface area contributed by atoms with Crippen LogP contribution in [0.2, 0.25) is 0 Å². The lowest BCUT2D eigenvalue weighted by Gasteiger charge is -2.09. The van der Waals surface area contributed by atoms with Gasteiger partial charge in [-0.1, -0.05) is 18.6 Å². The molecular weight excluding hydrogens is 240 g/mol. The van der Waals surface area contributed by atoms with Crippen LogP contribution in [0.4, 0.5) is 0 Å². The van der Waals surface area contributed by atoms with Gasteiger partial charge in [0, 0.05) is 11.9 Å². The minimum Gasteiger partial charge on any atom is -0.451 e. The fourth-order valence-corrected chi connectivity index (χ4v) is 2.02. The molecule has 0 spiro atoms. The zero-order valence-corrected chi connectivity index (χ0v) is 11.4. The summed E-state index contributed by atoms with van der Waals surface area (Å²) in [5.41, 5.74) is 7.37. The number of rotatable bonds is 5. The van der Waals surface area contributed by atoms with Crippen molar-refractivity contribution in [1.29, 1.82) is 0 Å².